The summed E-state index contributed by atoms with van der Waals surface area (Å²) in [6.45, 7) is 8.88. The van der Waals surface area contributed by atoms with E-state index in [4.69, 9.17) is 11.6 Å². The number of nitrogens with zero attached hydrogens (tertiary/aromatic N) is 1. The zero-order valence-corrected chi connectivity index (χ0v) is 12.1. The van der Waals surface area contributed by atoms with Crippen LogP contribution in [0.15, 0.2) is 18.2 Å². The molecule has 0 aliphatic carbocycles. The smallest absolute Gasteiger partial charge is 0.0438 e. The fourth-order valence-electron chi connectivity index (χ4n) is 2.46. The molecule has 1 aromatic rings. The highest BCUT2D eigenvalue weighted by molar-refractivity contribution is 6.31. The van der Waals surface area contributed by atoms with E-state index < -0.39 is 0 Å². The second-order valence-corrected chi connectivity index (χ2v) is 5.78. The van der Waals surface area contributed by atoms with E-state index in [1.165, 1.54) is 31.5 Å². The van der Waals surface area contributed by atoms with Gasteiger partial charge in [0.2, 0.25) is 0 Å². The van der Waals surface area contributed by atoms with Crippen molar-refractivity contribution >= 4 is 11.6 Å². The van der Waals surface area contributed by atoms with Crippen LogP contribution in [0.1, 0.15) is 30.9 Å². The molecule has 0 amide bonds. The zero-order valence-electron chi connectivity index (χ0n) is 11.4. The van der Waals surface area contributed by atoms with E-state index in [1.54, 1.807) is 0 Å². The van der Waals surface area contributed by atoms with E-state index in [2.05, 4.69) is 35.3 Å². The van der Waals surface area contributed by atoms with Crippen LogP contribution in [0.5, 0.6) is 0 Å². The van der Waals surface area contributed by atoms with Gasteiger partial charge in [0.05, 0.1) is 0 Å². The molecule has 1 aromatic carbocycles. The molecule has 1 aliphatic heterocycles. The molecule has 2 rings (SSSR count). The summed E-state index contributed by atoms with van der Waals surface area (Å²) in [6.07, 6.45) is 2.72. The lowest BCUT2D eigenvalue weighted by Crippen LogP contribution is -2.37. The van der Waals surface area contributed by atoms with Gasteiger partial charge in [0.1, 0.15) is 0 Å². The number of likely N-dealkylation sites (tertiary alicyclic amines) is 1. The maximum Gasteiger partial charge on any atom is 0.0438 e. The van der Waals surface area contributed by atoms with Crippen LogP contribution in [0.3, 0.4) is 0 Å². The summed E-state index contributed by atoms with van der Waals surface area (Å²) < 4.78 is 0. The van der Waals surface area contributed by atoms with Crippen LogP contribution < -0.4 is 5.32 Å². The largest absolute Gasteiger partial charge is 0.309 e. The van der Waals surface area contributed by atoms with E-state index in [9.17, 15) is 0 Å². The number of nitrogens with one attached hydrogen (secondary N) is 1. The number of benzene rings is 1. The third-order valence-electron chi connectivity index (χ3n) is 3.62. The summed E-state index contributed by atoms with van der Waals surface area (Å²) in [7, 11) is 0. The van der Waals surface area contributed by atoms with Crippen molar-refractivity contribution < 1.29 is 0 Å². The quantitative estimate of drug-likeness (QED) is 0.880. The van der Waals surface area contributed by atoms with Crippen LogP contribution in [0.25, 0.3) is 0 Å². The SMILES string of the molecule is Cc1ccc(CNC(C)CN2CCCC2)cc1Cl. The van der Waals surface area contributed by atoms with Gasteiger partial charge in [0, 0.05) is 24.2 Å². The molecule has 1 saturated heterocycles. The molecule has 0 aromatic heterocycles. The molecule has 100 valence electrons. The highest BCUT2D eigenvalue weighted by Gasteiger charge is 2.14. The van der Waals surface area contributed by atoms with E-state index in [-0.39, 0.29) is 0 Å². The zero-order chi connectivity index (χ0) is 13.0. The van der Waals surface area contributed by atoms with Crippen LogP contribution >= 0.6 is 11.6 Å². The minimum absolute atomic E-state index is 0.531. The molecule has 0 spiro atoms. The van der Waals surface area contributed by atoms with Crippen LogP contribution in [0.4, 0.5) is 0 Å². The fraction of sp³-hybridized carbons (Fsp3) is 0.600. The first kappa shape index (κ1) is 13.9. The molecule has 1 heterocycles. The Morgan fingerprint density at radius 2 is 2.06 bits per heavy atom. The summed E-state index contributed by atoms with van der Waals surface area (Å²) in [5.41, 5.74) is 2.41. The topological polar surface area (TPSA) is 15.3 Å². The molecule has 0 saturated carbocycles. The van der Waals surface area contributed by atoms with E-state index >= 15 is 0 Å². The van der Waals surface area contributed by atoms with Crippen molar-refractivity contribution in [3.8, 4) is 0 Å². The minimum Gasteiger partial charge on any atom is -0.309 e. The Hall–Kier alpha value is -0.570. The third-order valence-corrected chi connectivity index (χ3v) is 4.03. The first-order valence-electron chi connectivity index (χ1n) is 6.86. The van der Waals surface area contributed by atoms with Gasteiger partial charge in [-0.25, -0.2) is 0 Å². The third kappa shape index (κ3) is 3.98. The van der Waals surface area contributed by atoms with Gasteiger partial charge in [-0.3, -0.25) is 0 Å². The van der Waals surface area contributed by atoms with Crippen LogP contribution in [0, 0.1) is 6.92 Å². The van der Waals surface area contributed by atoms with Crippen molar-refractivity contribution in [2.24, 2.45) is 0 Å². The van der Waals surface area contributed by atoms with Crippen LogP contribution in [-0.4, -0.2) is 30.6 Å². The first-order valence-corrected chi connectivity index (χ1v) is 7.24. The highest BCUT2D eigenvalue weighted by Crippen LogP contribution is 2.16. The van der Waals surface area contributed by atoms with E-state index in [0.717, 1.165) is 23.7 Å². The van der Waals surface area contributed by atoms with Crippen LogP contribution in [-0.2, 0) is 6.54 Å². The molecule has 18 heavy (non-hydrogen) atoms. The molecule has 1 unspecified atom stereocenters. The van der Waals surface area contributed by atoms with Gasteiger partial charge in [-0.15, -0.1) is 0 Å². The summed E-state index contributed by atoms with van der Waals surface area (Å²) in [6, 6.07) is 6.83. The molecular formula is C15H23ClN2. The Morgan fingerprint density at radius 3 is 2.72 bits per heavy atom. The van der Waals surface area contributed by atoms with Gasteiger partial charge in [-0.05, 0) is 57.0 Å². The summed E-state index contributed by atoms with van der Waals surface area (Å²) in [4.78, 5) is 2.54. The minimum atomic E-state index is 0.531. The molecule has 1 fully saturated rings. The van der Waals surface area contributed by atoms with Gasteiger partial charge in [-0.1, -0.05) is 23.7 Å². The van der Waals surface area contributed by atoms with Crippen molar-refractivity contribution in [2.75, 3.05) is 19.6 Å². The number of rotatable bonds is 5. The average molecular weight is 267 g/mol. The number of hydrogen-bond donors (Lipinski definition) is 1. The molecule has 0 bridgehead atoms. The molecule has 3 heteroatoms. The van der Waals surface area contributed by atoms with Crippen molar-refractivity contribution in [2.45, 2.75) is 39.3 Å². The molecule has 2 nitrogen and oxygen atoms in total. The second kappa shape index (κ2) is 6.55. The average Bonchev–Trinajstić information content (AvgIpc) is 2.83. The molecule has 1 atom stereocenters. The first-order chi connectivity index (χ1) is 8.65. The summed E-state index contributed by atoms with van der Waals surface area (Å²) >= 11 is 6.13. The molecule has 0 radical (unpaired) electrons. The van der Waals surface area contributed by atoms with Crippen molar-refractivity contribution in [1.29, 1.82) is 0 Å². The van der Waals surface area contributed by atoms with E-state index in [1.807, 2.05) is 6.92 Å². The fourth-order valence-corrected chi connectivity index (χ4v) is 2.66. The van der Waals surface area contributed by atoms with Crippen LogP contribution in [0.2, 0.25) is 5.02 Å². The Labute approximate surface area is 115 Å². The maximum absolute atomic E-state index is 6.13. The molecule has 1 aliphatic rings. The lowest BCUT2D eigenvalue weighted by molar-refractivity contribution is 0.298. The Bertz CT molecular complexity index is 386. The number of hydrogen-bond acceptors (Lipinski definition) is 2. The van der Waals surface area contributed by atoms with Gasteiger partial charge < -0.3 is 10.2 Å². The van der Waals surface area contributed by atoms with Gasteiger partial charge in [-0.2, -0.15) is 0 Å². The molecular weight excluding hydrogens is 244 g/mol. The Kier molecular flexibility index (Phi) is 5.04. The lowest BCUT2D eigenvalue weighted by Gasteiger charge is -2.21. The summed E-state index contributed by atoms with van der Waals surface area (Å²) in [5, 5.41) is 4.43. The van der Waals surface area contributed by atoms with Gasteiger partial charge in [0.15, 0.2) is 0 Å². The second-order valence-electron chi connectivity index (χ2n) is 5.37. The Morgan fingerprint density at radius 1 is 1.33 bits per heavy atom. The standard InChI is InChI=1S/C15H23ClN2/c1-12-5-6-14(9-15(12)16)10-17-13(2)11-18-7-3-4-8-18/h5-6,9,13,17H,3-4,7-8,10-11H2,1-2H3. The predicted molar refractivity (Wildman–Crippen MR) is 78.2 cm³/mol. The maximum atomic E-state index is 6.13. The van der Waals surface area contributed by atoms with Crippen molar-refractivity contribution in [3.05, 3.63) is 34.3 Å². The lowest BCUT2D eigenvalue weighted by atomic mass is 10.1. The van der Waals surface area contributed by atoms with E-state index in [0.29, 0.717) is 6.04 Å². The predicted octanol–water partition coefficient (Wildman–Crippen LogP) is 3.22. The normalized spacial score (nSPS) is 18.2. The van der Waals surface area contributed by atoms with Gasteiger partial charge in [0.25, 0.3) is 0 Å². The van der Waals surface area contributed by atoms with Crippen molar-refractivity contribution in [1.82, 2.24) is 10.2 Å². The number of halogens is 1. The highest BCUT2D eigenvalue weighted by atomic mass is 35.5. The van der Waals surface area contributed by atoms with Gasteiger partial charge >= 0.3 is 0 Å². The monoisotopic (exact) mass is 266 g/mol. The number of aryl methyl sites for hydroxylation is 1. The summed E-state index contributed by atoms with van der Waals surface area (Å²) in [5.74, 6) is 0. The Balaban J connectivity index is 1.77. The van der Waals surface area contributed by atoms with Crippen molar-refractivity contribution in [3.63, 3.8) is 0 Å². The molecule has 1 N–H and O–H groups in total.